The summed E-state index contributed by atoms with van der Waals surface area (Å²) in [6.07, 6.45) is 1.47. The fraction of sp³-hybridized carbons (Fsp3) is 0.100. The van der Waals surface area contributed by atoms with Crippen molar-refractivity contribution in [3.8, 4) is 11.3 Å². The van der Waals surface area contributed by atoms with Gasteiger partial charge in [0.1, 0.15) is 17.8 Å². The Morgan fingerprint density at radius 2 is 1.79 bits per heavy atom. The van der Waals surface area contributed by atoms with Gasteiger partial charge in [-0.2, -0.15) is 0 Å². The van der Waals surface area contributed by atoms with Crippen molar-refractivity contribution in [3.63, 3.8) is 0 Å². The highest BCUT2D eigenvalue weighted by Crippen LogP contribution is 2.29. The minimum Gasteiger partial charge on any atom is -0.340 e. The Bertz CT molecular complexity index is 1250. The number of sulfonamides is 1. The lowest BCUT2D eigenvalue weighted by Crippen LogP contribution is -2.18. The third kappa shape index (κ3) is 3.47. The largest absolute Gasteiger partial charge is 0.340 e. The number of aromatic nitrogens is 3. The average molecular weight is 393 g/mol. The molecule has 4 aromatic rings. The first-order valence-electron chi connectivity index (χ1n) is 8.68. The number of nitrogens with one attached hydrogen (secondary N) is 3. The summed E-state index contributed by atoms with van der Waals surface area (Å²) in [5, 5.41) is 4.01. The standard InChI is InChI=1S/C20H19N5O2S/c1-13-6-8-14(9-7-13)18-11-17-19(22-12-23-20(17)25-18)24-15-4-3-5-16(10-15)28(26,27)21-2/h3-12,21H,1-2H3,(H2,22,23,24,25). The molecule has 0 fully saturated rings. The average Bonchev–Trinajstić information content (AvgIpc) is 3.14. The highest BCUT2D eigenvalue weighted by atomic mass is 32.2. The van der Waals surface area contributed by atoms with Gasteiger partial charge in [0.05, 0.1) is 10.3 Å². The number of anilines is 2. The quantitative estimate of drug-likeness (QED) is 0.481. The van der Waals surface area contributed by atoms with Crippen molar-refractivity contribution in [1.29, 1.82) is 0 Å². The maximum atomic E-state index is 12.0. The zero-order chi connectivity index (χ0) is 19.7. The van der Waals surface area contributed by atoms with Crippen LogP contribution in [0.4, 0.5) is 11.5 Å². The van der Waals surface area contributed by atoms with Crippen LogP contribution >= 0.6 is 0 Å². The van der Waals surface area contributed by atoms with E-state index in [4.69, 9.17) is 0 Å². The Kier molecular flexibility index (Phi) is 4.58. The van der Waals surface area contributed by atoms with Crippen molar-refractivity contribution in [2.45, 2.75) is 11.8 Å². The maximum Gasteiger partial charge on any atom is 0.240 e. The van der Waals surface area contributed by atoms with Gasteiger partial charge in [-0.1, -0.05) is 35.9 Å². The van der Waals surface area contributed by atoms with Gasteiger partial charge in [-0.3, -0.25) is 0 Å². The second-order valence-corrected chi connectivity index (χ2v) is 8.28. The van der Waals surface area contributed by atoms with Gasteiger partial charge in [-0.25, -0.2) is 23.1 Å². The molecule has 2 aromatic heterocycles. The van der Waals surface area contributed by atoms with Gasteiger partial charge in [0, 0.05) is 11.4 Å². The van der Waals surface area contributed by atoms with Crippen LogP contribution in [0, 0.1) is 6.92 Å². The summed E-state index contributed by atoms with van der Waals surface area (Å²) in [6, 6.07) is 16.8. The van der Waals surface area contributed by atoms with Crippen molar-refractivity contribution in [2.24, 2.45) is 0 Å². The van der Waals surface area contributed by atoms with Crippen molar-refractivity contribution < 1.29 is 8.42 Å². The molecule has 0 saturated heterocycles. The third-order valence-corrected chi connectivity index (χ3v) is 5.88. The van der Waals surface area contributed by atoms with E-state index in [-0.39, 0.29) is 4.90 Å². The number of benzene rings is 2. The first-order valence-corrected chi connectivity index (χ1v) is 10.2. The summed E-state index contributed by atoms with van der Waals surface area (Å²) in [5.74, 6) is 0.596. The number of fused-ring (bicyclic) bond motifs is 1. The molecule has 0 amide bonds. The van der Waals surface area contributed by atoms with E-state index in [9.17, 15) is 8.42 Å². The van der Waals surface area contributed by atoms with Gasteiger partial charge < -0.3 is 10.3 Å². The molecular weight excluding hydrogens is 374 g/mol. The molecular formula is C20H19N5O2S. The molecule has 0 atom stereocenters. The van der Waals surface area contributed by atoms with Crippen molar-refractivity contribution >= 4 is 32.6 Å². The molecule has 0 aliphatic heterocycles. The number of aromatic amines is 1. The van der Waals surface area contributed by atoms with Gasteiger partial charge in [0.15, 0.2) is 0 Å². The van der Waals surface area contributed by atoms with Gasteiger partial charge in [-0.15, -0.1) is 0 Å². The van der Waals surface area contributed by atoms with E-state index in [0.29, 0.717) is 17.2 Å². The van der Waals surface area contributed by atoms with Gasteiger partial charge in [-0.05, 0) is 43.8 Å². The van der Waals surface area contributed by atoms with E-state index < -0.39 is 10.0 Å². The molecule has 142 valence electrons. The fourth-order valence-corrected chi connectivity index (χ4v) is 3.70. The molecule has 2 aromatic carbocycles. The van der Waals surface area contributed by atoms with Crippen LogP contribution in [-0.2, 0) is 10.0 Å². The highest BCUT2D eigenvalue weighted by Gasteiger charge is 2.13. The van der Waals surface area contributed by atoms with Crippen molar-refractivity contribution in [3.05, 3.63) is 66.5 Å². The molecule has 0 spiro atoms. The number of nitrogens with zero attached hydrogens (tertiary/aromatic N) is 2. The number of H-pyrrole nitrogens is 1. The Morgan fingerprint density at radius 3 is 2.54 bits per heavy atom. The summed E-state index contributed by atoms with van der Waals surface area (Å²) in [7, 11) is -2.14. The zero-order valence-corrected chi connectivity index (χ0v) is 16.2. The van der Waals surface area contributed by atoms with Crippen LogP contribution in [0.1, 0.15) is 5.56 Å². The number of aryl methyl sites for hydroxylation is 1. The summed E-state index contributed by atoms with van der Waals surface area (Å²) >= 11 is 0. The maximum absolute atomic E-state index is 12.0. The lowest BCUT2D eigenvalue weighted by Gasteiger charge is -2.08. The molecule has 0 bridgehead atoms. The first-order chi connectivity index (χ1) is 13.5. The van der Waals surface area contributed by atoms with E-state index in [0.717, 1.165) is 16.6 Å². The normalized spacial score (nSPS) is 11.6. The number of hydrogen-bond donors (Lipinski definition) is 3. The summed E-state index contributed by atoms with van der Waals surface area (Å²) in [5.41, 5.74) is 4.50. The van der Waals surface area contributed by atoms with Crippen LogP contribution in [0.5, 0.6) is 0 Å². The molecule has 0 radical (unpaired) electrons. The Balaban J connectivity index is 1.72. The Labute approximate surface area is 162 Å². The molecule has 0 unspecified atom stereocenters. The van der Waals surface area contributed by atoms with Crippen LogP contribution in [0.3, 0.4) is 0 Å². The topological polar surface area (TPSA) is 99.8 Å². The fourth-order valence-electron chi connectivity index (χ4n) is 2.92. The van der Waals surface area contributed by atoms with Gasteiger partial charge in [0.2, 0.25) is 10.0 Å². The van der Waals surface area contributed by atoms with Gasteiger partial charge >= 0.3 is 0 Å². The minimum atomic E-state index is -3.52. The summed E-state index contributed by atoms with van der Waals surface area (Å²) in [6.45, 7) is 2.05. The second kappa shape index (κ2) is 7.06. The molecule has 3 N–H and O–H groups in total. The van der Waals surface area contributed by atoms with Crippen LogP contribution in [0.2, 0.25) is 0 Å². The summed E-state index contributed by atoms with van der Waals surface area (Å²) < 4.78 is 26.4. The molecule has 7 nitrogen and oxygen atoms in total. The van der Waals surface area contributed by atoms with Crippen LogP contribution in [0.15, 0.2) is 65.8 Å². The molecule has 8 heteroatoms. The minimum absolute atomic E-state index is 0.180. The molecule has 0 aliphatic rings. The smallest absolute Gasteiger partial charge is 0.240 e. The molecule has 28 heavy (non-hydrogen) atoms. The van der Waals surface area contributed by atoms with Crippen LogP contribution in [-0.4, -0.2) is 30.4 Å². The second-order valence-electron chi connectivity index (χ2n) is 6.39. The lowest BCUT2D eigenvalue weighted by molar-refractivity contribution is 0.588. The van der Waals surface area contributed by atoms with E-state index in [2.05, 4.69) is 37.1 Å². The highest BCUT2D eigenvalue weighted by molar-refractivity contribution is 7.89. The van der Waals surface area contributed by atoms with Crippen molar-refractivity contribution in [1.82, 2.24) is 19.7 Å². The predicted molar refractivity (Wildman–Crippen MR) is 110 cm³/mol. The van der Waals surface area contributed by atoms with E-state index >= 15 is 0 Å². The molecule has 0 saturated carbocycles. The molecule has 4 rings (SSSR count). The van der Waals surface area contributed by atoms with E-state index in [1.807, 2.05) is 25.1 Å². The van der Waals surface area contributed by atoms with Crippen LogP contribution in [0.25, 0.3) is 22.3 Å². The number of hydrogen-bond acceptors (Lipinski definition) is 5. The predicted octanol–water partition coefficient (Wildman–Crippen LogP) is 3.59. The van der Waals surface area contributed by atoms with Crippen molar-refractivity contribution in [2.75, 3.05) is 12.4 Å². The first kappa shape index (κ1) is 18.1. The summed E-state index contributed by atoms with van der Waals surface area (Å²) in [4.78, 5) is 12.1. The zero-order valence-electron chi connectivity index (χ0n) is 15.4. The van der Waals surface area contributed by atoms with E-state index in [1.165, 1.54) is 18.9 Å². The molecule has 0 aliphatic carbocycles. The van der Waals surface area contributed by atoms with Crippen LogP contribution < -0.4 is 10.0 Å². The third-order valence-electron chi connectivity index (χ3n) is 4.46. The Hall–Kier alpha value is -3.23. The Morgan fingerprint density at radius 1 is 1.00 bits per heavy atom. The monoisotopic (exact) mass is 393 g/mol. The van der Waals surface area contributed by atoms with E-state index in [1.54, 1.807) is 24.3 Å². The SMILES string of the molecule is CNS(=O)(=O)c1cccc(Nc2ncnc3[nH]c(-c4ccc(C)cc4)cc23)c1. The lowest BCUT2D eigenvalue weighted by atomic mass is 10.1. The van der Waals surface area contributed by atoms with Gasteiger partial charge in [0.25, 0.3) is 0 Å². The molecule has 2 heterocycles. The number of rotatable bonds is 5.